The van der Waals surface area contributed by atoms with Crippen molar-refractivity contribution < 1.29 is 4.74 Å². The summed E-state index contributed by atoms with van der Waals surface area (Å²) < 4.78 is 5.59. The van der Waals surface area contributed by atoms with Gasteiger partial charge in [0.2, 0.25) is 0 Å². The van der Waals surface area contributed by atoms with Crippen LogP contribution in [0.5, 0.6) is 0 Å². The molecule has 1 aromatic rings. The van der Waals surface area contributed by atoms with E-state index in [1.807, 2.05) is 24.3 Å². The number of nitrogens with one attached hydrogen (secondary N) is 2. The number of likely N-dealkylation sites (N-methyl/N-ethyl adjacent to an activating group) is 1. The second-order valence-electron chi connectivity index (χ2n) is 6.04. The maximum atomic E-state index is 6.07. The highest BCUT2D eigenvalue weighted by Crippen LogP contribution is 2.19. The van der Waals surface area contributed by atoms with Gasteiger partial charge in [-0.05, 0) is 43.6 Å². The highest BCUT2D eigenvalue weighted by molar-refractivity contribution is 14.0. The molecule has 2 atom stereocenters. The van der Waals surface area contributed by atoms with Gasteiger partial charge in [0.25, 0.3) is 0 Å². The van der Waals surface area contributed by atoms with Crippen LogP contribution in [0.4, 0.5) is 0 Å². The van der Waals surface area contributed by atoms with E-state index in [0.717, 1.165) is 29.6 Å². The van der Waals surface area contributed by atoms with Gasteiger partial charge in [0.15, 0.2) is 5.96 Å². The third kappa shape index (κ3) is 6.92. The molecular formula is C18H30ClIN4O. The molecule has 1 aromatic carbocycles. The molecule has 0 aliphatic carbocycles. The smallest absolute Gasteiger partial charge is 0.191 e. The van der Waals surface area contributed by atoms with Crippen molar-refractivity contribution in [3.63, 3.8) is 0 Å². The molecule has 0 amide bonds. The molecule has 0 spiro atoms. The molecule has 1 saturated heterocycles. The van der Waals surface area contributed by atoms with E-state index in [4.69, 9.17) is 16.3 Å². The summed E-state index contributed by atoms with van der Waals surface area (Å²) in [5.41, 5.74) is 1.06. The fraction of sp³-hybridized carbons (Fsp3) is 0.611. The maximum Gasteiger partial charge on any atom is 0.191 e. The maximum absolute atomic E-state index is 6.07. The van der Waals surface area contributed by atoms with Gasteiger partial charge >= 0.3 is 0 Å². The quantitative estimate of drug-likeness (QED) is 0.357. The molecule has 25 heavy (non-hydrogen) atoms. The van der Waals surface area contributed by atoms with Gasteiger partial charge in [-0.1, -0.05) is 30.7 Å². The van der Waals surface area contributed by atoms with Crippen molar-refractivity contribution in [3.05, 3.63) is 34.9 Å². The van der Waals surface area contributed by atoms with E-state index in [1.165, 1.54) is 19.4 Å². The van der Waals surface area contributed by atoms with Crippen LogP contribution < -0.4 is 10.6 Å². The van der Waals surface area contributed by atoms with Crippen LogP contribution in [-0.4, -0.2) is 57.2 Å². The highest BCUT2D eigenvalue weighted by atomic mass is 127. The summed E-state index contributed by atoms with van der Waals surface area (Å²) in [6, 6.07) is 8.36. The molecule has 142 valence electrons. The Hall–Kier alpha value is -0.570. The number of hydrogen-bond acceptors (Lipinski definition) is 3. The Morgan fingerprint density at radius 2 is 2.24 bits per heavy atom. The van der Waals surface area contributed by atoms with Gasteiger partial charge in [-0.25, -0.2) is 0 Å². The lowest BCUT2D eigenvalue weighted by atomic mass is 10.1. The number of likely N-dealkylation sites (tertiary alicyclic amines) is 1. The first-order valence-electron chi connectivity index (χ1n) is 8.64. The lowest BCUT2D eigenvalue weighted by molar-refractivity contribution is 0.106. The van der Waals surface area contributed by atoms with Crippen molar-refractivity contribution in [2.24, 2.45) is 4.99 Å². The normalized spacial score (nSPS) is 19.4. The number of aliphatic imine (C=N–C) groups is 1. The standard InChI is InChI=1S/C18H29ClN4O.HI/c1-4-23-10-6-9-16(23)12-21-18(20-2)22-13-17(24-3)14-7-5-8-15(19)11-14;/h5,7-8,11,16-17H,4,6,9-10,12-13H2,1-3H3,(H2,20,21,22);1H. The number of guanidine groups is 1. The van der Waals surface area contributed by atoms with Crippen molar-refractivity contribution in [1.29, 1.82) is 0 Å². The fourth-order valence-electron chi connectivity index (χ4n) is 3.21. The van der Waals surface area contributed by atoms with Crippen LogP contribution >= 0.6 is 35.6 Å². The van der Waals surface area contributed by atoms with Crippen LogP contribution in [0.1, 0.15) is 31.4 Å². The Labute approximate surface area is 173 Å². The molecule has 2 rings (SSSR count). The monoisotopic (exact) mass is 480 g/mol. The molecule has 2 N–H and O–H groups in total. The van der Waals surface area contributed by atoms with Crippen LogP contribution in [-0.2, 0) is 4.74 Å². The molecule has 1 fully saturated rings. The van der Waals surface area contributed by atoms with Crippen molar-refractivity contribution in [2.75, 3.05) is 40.3 Å². The minimum atomic E-state index is -0.0686. The summed E-state index contributed by atoms with van der Waals surface area (Å²) in [5.74, 6) is 0.807. The molecule has 0 aromatic heterocycles. The van der Waals surface area contributed by atoms with E-state index in [1.54, 1.807) is 14.2 Å². The zero-order valence-electron chi connectivity index (χ0n) is 15.3. The van der Waals surface area contributed by atoms with Crippen LogP contribution in [0.15, 0.2) is 29.3 Å². The average Bonchev–Trinajstić information content (AvgIpc) is 3.05. The predicted octanol–water partition coefficient (Wildman–Crippen LogP) is 3.29. The predicted molar refractivity (Wildman–Crippen MR) is 116 cm³/mol. The van der Waals surface area contributed by atoms with Crippen molar-refractivity contribution in [2.45, 2.75) is 31.9 Å². The lowest BCUT2D eigenvalue weighted by Gasteiger charge is -2.24. The largest absolute Gasteiger partial charge is 0.375 e. The first kappa shape index (κ1) is 22.5. The van der Waals surface area contributed by atoms with E-state index < -0.39 is 0 Å². The van der Waals surface area contributed by atoms with Crippen LogP contribution in [0.3, 0.4) is 0 Å². The van der Waals surface area contributed by atoms with Crippen LogP contribution in [0, 0.1) is 0 Å². The summed E-state index contributed by atoms with van der Waals surface area (Å²) in [5, 5.41) is 7.50. The van der Waals surface area contributed by atoms with Gasteiger partial charge < -0.3 is 15.4 Å². The van der Waals surface area contributed by atoms with E-state index in [9.17, 15) is 0 Å². The summed E-state index contributed by atoms with van der Waals surface area (Å²) >= 11 is 6.07. The van der Waals surface area contributed by atoms with Gasteiger partial charge in [0, 0.05) is 38.3 Å². The van der Waals surface area contributed by atoms with Gasteiger partial charge in [-0.2, -0.15) is 0 Å². The molecule has 1 aliphatic heterocycles. The van der Waals surface area contributed by atoms with E-state index in [0.29, 0.717) is 12.6 Å². The number of methoxy groups -OCH3 is 1. The molecule has 5 nitrogen and oxygen atoms in total. The lowest BCUT2D eigenvalue weighted by Crippen LogP contribution is -2.45. The first-order chi connectivity index (χ1) is 11.7. The van der Waals surface area contributed by atoms with Gasteiger partial charge in [-0.3, -0.25) is 9.89 Å². The zero-order chi connectivity index (χ0) is 17.4. The van der Waals surface area contributed by atoms with Crippen LogP contribution in [0.25, 0.3) is 0 Å². The number of ether oxygens (including phenoxy) is 1. The van der Waals surface area contributed by atoms with E-state index in [-0.39, 0.29) is 30.1 Å². The number of benzene rings is 1. The molecule has 0 radical (unpaired) electrons. The molecule has 1 heterocycles. The Morgan fingerprint density at radius 1 is 1.44 bits per heavy atom. The Morgan fingerprint density at radius 3 is 2.88 bits per heavy atom. The summed E-state index contributed by atoms with van der Waals surface area (Å²) in [7, 11) is 3.50. The third-order valence-corrected chi connectivity index (χ3v) is 4.83. The molecule has 0 bridgehead atoms. The van der Waals surface area contributed by atoms with Gasteiger partial charge in [0.1, 0.15) is 0 Å². The summed E-state index contributed by atoms with van der Waals surface area (Å²) in [6.07, 6.45) is 2.47. The van der Waals surface area contributed by atoms with Crippen molar-refractivity contribution in [3.8, 4) is 0 Å². The summed E-state index contributed by atoms with van der Waals surface area (Å²) in [6.45, 7) is 6.09. The fourth-order valence-corrected chi connectivity index (χ4v) is 3.41. The molecular weight excluding hydrogens is 451 g/mol. The second kappa shape index (κ2) is 11.9. The molecule has 1 aliphatic rings. The number of hydrogen-bond donors (Lipinski definition) is 2. The topological polar surface area (TPSA) is 48.9 Å². The first-order valence-corrected chi connectivity index (χ1v) is 9.02. The third-order valence-electron chi connectivity index (χ3n) is 4.59. The SMILES string of the molecule is CCN1CCCC1CNC(=NC)NCC(OC)c1cccc(Cl)c1.I. The Balaban J connectivity index is 0.00000312. The van der Waals surface area contributed by atoms with Gasteiger partial charge in [-0.15, -0.1) is 24.0 Å². The van der Waals surface area contributed by atoms with E-state index >= 15 is 0 Å². The minimum absolute atomic E-state index is 0. The molecule has 2 unspecified atom stereocenters. The number of nitrogens with zero attached hydrogens (tertiary/aromatic N) is 2. The van der Waals surface area contributed by atoms with Crippen molar-refractivity contribution in [1.82, 2.24) is 15.5 Å². The van der Waals surface area contributed by atoms with Crippen LogP contribution in [0.2, 0.25) is 5.02 Å². The molecule has 0 saturated carbocycles. The average molecular weight is 481 g/mol. The van der Waals surface area contributed by atoms with E-state index in [2.05, 4.69) is 27.4 Å². The van der Waals surface area contributed by atoms with Crippen molar-refractivity contribution >= 4 is 41.5 Å². The summed E-state index contributed by atoms with van der Waals surface area (Å²) in [4.78, 5) is 6.83. The zero-order valence-corrected chi connectivity index (χ0v) is 18.4. The highest BCUT2D eigenvalue weighted by Gasteiger charge is 2.22. The minimum Gasteiger partial charge on any atom is -0.375 e. The number of rotatable bonds is 7. The number of halogens is 2. The Kier molecular flexibility index (Phi) is 10.7. The van der Waals surface area contributed by atoms with Gasteiger partial charge in [0.05, 0.1) is 6.10 Å². The second-order valence-corrected chi connectivity index (χ2v) is 6.47. The Bertz CT molecular complexity index is 544. The molecule has 7 heteroatoms.